The second-order valence-corrected chi connectivity index (χ2v) is 25.7. The number of unbranched alkanes of at least 4 members (excludes halogenated alkanes) is 38. The largest absolute Gasteiger partial charge is 0.454 e. The van der Waals surface area contributed by atoms with Crippen molar-refractivity contribution < 1.29 is 49.3 Å². The summed E-state index contributed by atoms with van der Waals surface area (Å²) in [6.45, 7) is 5.76. The molecular weight excluding hydrogens is 1110 g/mol. The van der Waals surface area contributed by atoms with Crippen molar-refractivity contribution in [3.63, 3.8) is 0 Å². The number of aliphatic hydroxyl groups is 5. The zero-order valence-electron chi connectivity index (χ0n) is 57.5. The molecule has 1 aliphatic rings. The van der Waals surface area contributed by atoms with Crippen molar-refractivity contribution in [3.8, 4) is 0 Å². The molecular formula is C78H139NO10. The zero-order valence-corrected chi connectivity index (χ0v) is 57.5. The molecule has 11 nitrogen and oxygen atoms in total. The van der Waals surface area contributed by atoms with Gasteiger partial charge < -0.3 is 45.1 Å². The molecule has 1 amide bonds. The molecule has 516 valence electrons. The van der Waals surface area contributed by atoms with Gasteiger partial charge in [-0.25, -0.2) is 0 Å². The third-order valence-corrected chi connectivity index (χ3v) is 17.3. The van der Waals surface area contributed by atoms with Crippen LogP contribution in [0.2, 0.25) is 0 Å². The normalized spacial score (nSPS) is 18.6. The number of hydrogen-bond acceptors (Lipinski definition) is 10. The van der Waals surface area contributed by atoms with E-state index in [1.807, 2.05) is 6.08 Å². The molecule has 11 heteroatoms. The molecule has 8 unspecified atom stereocenters. The number of amides is 1. The minimum absolute atomic E-state index is 0.114. The Kier molecular flexibility index (Phi) is 61.2. The van der Waals surface area contributed by atoms with Crippen LogP contribution in [-0.4, -0.2) is 99.6 Å². The van der Waals surface area contributed by atoms with Crippen LogP contribution in [0.4, 0.5) is 0 Å². The minimum Gasteiger partial charge on any atom is -0.454 e. The predicted octanol–water partition coefficient (Wildman–Crippen LogP) is 19.6. The van der Waals surface area contributed by atoms with Crippen molar-refractivity contribution in [1.29, 1.82) is 0 Å². The van der Waals surface area contributed by atoms with Gasteiger partial charge in [-0.15, -0.1) is 0 Å². The molecule has 0 radical (unpaired) electrons. The molecule has 6 N–H and O–H groups in total. The van der Waals surface area contributed by atoms with Crippen molar-refractivity contribution in [2.75, 3.05) is 13.2 Å². The van der Waals surface area contributed by atoms with E-state index in [0.29, 0.717) is 12.8 Å². The summed E-state index contributed by atoms with van der Waals surface area (Å²) in [7, 11) is 0. The van der Waals surface area contributed by atoms with Gasteiger partial charge in [0, 0.05) is 6.42 Å². The molecule has 8 atom stereocenters. The topological polar surface area (TPSA) is 175 Å². The van der Waals surface area contributed by atoms with Gasteiger partial charge in [-0.1, -0.05) is 311 Å². The lowest BCUT2D eigenvalue weighted by molar-refractivity contribution is -0.305. The highest BCUT2D eigenvalue weighted by molar-refractivity contribution is 5.80. The summed E-state index contributed by atoms with van der Waals surface area (Å²) in [5, 5.41) is 57.3. The number of nitrogens with one attached hydrogen (secondary N) is 1. The molecule has 0 aromatic heterocycles. The van der Waals surface area contributed by atoms with Gasteiger partial charge >= 0.3 is 5.97 Å². The number of carbonyl (C=O) groups is 2. The van der Waals surface area contributed by atoms with Gasteiger partial charge in [0.25, 0.3) is 0 Å². The SMILES string of the molecule is CCCCC/C=C\C/C=C\C/C=C\C/C=C\CCCCCCCCCCCC(=O)OC1C(OCC(NC(=O)C(O)CCCCCCCCCCCCCCCC/C=C\C/C=C\CCCCC)C(O)/C=C/CCCCCCCCCCC)OC(CO)C(O)C1O. The molecule has 1 heterocycles. The lowest BCUT2D eigenvalue weighted by Crippen LogP contribution is -2.61. The maximum absolute atomic E-state index is 13.5. The van der Waals surface area contributed by atoms with Crippen LogP contribution < -0.4 is 5.32 Å². The maximum Gasteiger partial charge on any atom is 0.306 e. The number of allylic oxidation sites excluding steroid dienone is 13. The van der Waals surface area contributed by atoms with E-state index in [2.05, 4.69) is 99.0 Å². The van der Waals surface area contributed by atoms with E-state index in [0.717, 1.165) is 96.3 Å². The summed E-state index contributed by atoms with van der Waals surface area (Å²) < 4.78 is 17.7. The second kappa shape index (κ2) is 64.9. The van der Waals surface area contributed by atoms with E-state index in [4.69, 9.17) is 14.2 Å². The van der Waals surface area contributed by atoms with E-state index in [9.17, 15) is 35.1 Å². The Morgan fingerprint density at radius 1 is 0.438 bits per heavy atom. The van der Waals surface area contributed by atoms with E-state index < -0.39 is 67.4 Å². The molecule has 1 fully saturated rings. The van der Waals surface area contributed by atoms with Crippen LogP contribution in [0.5, 0.6) is 0 Å². The van der Waals surface area contributed by atoms with Gasteiger partial charge in [0.05, 0.1) is 25.4 Å². The summed E-state index contributed by atoms with van der Waals surface area (Å²) in [5.74, 6) is -1.19. The molecule has 1 rings (SSSR count). The van der Waals surface area contributed by atoms with Crippen LogP contribution in [0.15, 0.2) is 85.1 Å². The Morgan fingerprint density at radius 3 is 1.18 bits per heavy atom. The molecule has 0 aliphatic carbocycles. The molecule has 0 bridgehead atoms. The molecule has 0 saturated carbocycles. The number of carbonyl (C=O) groups excluding carboxylic acids is 2. The zero-order chi connectivity index (χ0) is 64.6. The number of rotatable bonds is 64. The van der Waals surface area contributed by atoms with Crippen LogP contribution in [0.3, 0.4) is 0 Å². The van der Waals surface area contributed by atoms with E-state index in [1.165, 1.54) is 193 Å². The Balaban J connectivity index is 2.53. The first kappa shape index (κ1) is 83.9. The summed E-state index contributed by atoms with van der Waals surface area (Å²) >= 11 is 0. The standard InChI is InChI=1S/C78H139NO10/c1-4-7-10-13-16-19-22-24-26-28-30-32-34-36-38-40-42-44-46-48-51-54-57-60-63-66-73(83)89-76-75(85)74(84)72(67-80)88-78(76)87-68-69(70(81)64-61-58-55-52-49-21-18-15-12-9-6-3)79-77(86)71(82)65-62-59-56-53-50-47-45-43-41-39-37-35-33-31-29-27-25-23-20-17-14-11-8-5-2/h16-17,19-20,24-27,30,32,36,38,61,64,69-72,74-76,78,80-82,84-85H,4-15,18,21-23,28-29,31,33-35,37,39-60,62-63,65-68H2,1-3H3,(H,79,86)/b19-16-,20-17-,26-24-,27-25-,32-30-,38-36-,64-61+. The maximum atomic E-state index is 13.5. The Bertz CT molecular complexity index is 1780. The molecule has 1 aliphatic heterocycles. The first-order chi connectivity index (χ1) is 43.7. The minimum atomic E-state index is -1.62. The Morgan fingerprint density at radius 2 is 0.775 bits per heavy atom. The van der Waals surface area contributed by atoms with Crippen LogP contribution in [-0.2, 0) is 23.8 Å². The fraction of sp³-hybridized carbons (Fsp3) is 0.795. The summed E-state index contributed by atoms with van der Waals surface area (Å²) in [6.07, 6.45) is 76.2. The molecule has 0 aromatic carbocycles. The number of hydrogen-bond donors (Lipinski definition) is 6. The third-order valence-electron chi connectivity index (χ3n) is 17.3. The van der Waals surface area contributed by atoms with Gasteiger partial charge in [-0.2, -0.15) is 0 Å². The number of esters is 1. The molecule has 0 aromatic rings. The quantitative estimate of drug-likeness (QED) is 0.0195. The van der Waals surface area contributed by atoms with Gasteiger partial charge in [0.1, 0.15) is 24.4 Å². The highest BCUT2D eigenvalue weighted by Gasteiger charge is 2.47. The van der Waals surface area contributed by atoms with Crippen LogP contribution >= 0.6 is 0 Å². The lowest BCUT2D eigenvalue weighted by Gasteiger charge is -2.41. The summed E-state index contributed by atoms with van der Waals surface area (Å²) in [4.78, 5) is 26.7. The van der Waals surface area contributed by atoms with Crippen molar-refractivity contribution in [2.45, 2.75) is 384 Å². The first-order valence-corrected chi connectivity index (χ1v) is 37.4. The monoisotopic (exact) mass is 1250 g/mol. The van der Waals surface area contributed by atoms with Crippen molar-refractivity contribution >= 4 is 11.9 Å². The summed E-state index contributed by atoms with van der Waals surface area (Å²) in [6, 6.07) is -1.03. The van der Waals surface area contributed by atoms with Crippen molar-refractivity contribution in [3.05, 3.63) is 85.1 Å². The average Bonchev–Trinajstić information content (AvgIpc) is 3.71. The fourth-order valence-electron chi connectivity index (χ4n) is 11.4. The van der Waals surface area contributed by atoms with Crippen LogP contribution in [0.25, 0.3) is 0 Å². The average molecular weight is 1250 g/mol. The Labute approximate surface area is 546 Å². The van der Waals surface area contributed by atoms with Crippen molar-refractivity contribution in [2.24, 2.45) is 0 Å². The first-order valence-electron chi connectivity index (χ1n) is 37.4. The van der Waals surface area contributed by atoms with E-state index in [-0.39, 0.29) is 19.4 Å². The number of ether oxygens (including phenoxy) is 3. The molecule has 89 heavy (non-hydrogen) atoms. The predicted molar refractivity (Wildman–Crippen MR) is 375 cm³/mol. The van der Waals surface area contributed by atoms with E-state index >= 15 is 0 Å². The van der Waals surface area contributed by atoms with Crippen LogP contribution in [0.1, 0.15) is 335 Å². The molecule has 1 saturated heterocycles. The van der Waals surface area contributed by atoms with Crippen molar-refractivity contribution in [1.82, 2.24) is 5.32 Å². The second-order valence-electron chi connectivity index (χ2n) is 25.7. The number of aliphatic hydroxyl groups excluding tert-OH is 5. The highest BCUT2D eigenvalue weighted by Crippen LogP contribution is 2.26. The lowest BCUT2D eigenvalue weighted by atomic mass is 9.99. The van der Waals surface area contributed by atoms with E-state index in [1.54, 1.807) is 6.08 Å². The van der Waals surface area contributed by atoms with Crippen LogP contribution in [0, 0.1) is 0 Å². The van der Waals surface area contributed by atoms with Gasteiger partial charge in [0.2, 0.25) is 5.91 Å². The third kappa shape index (κ3) is 52.0. The highest BCUT2D eigenvalue weighted by atomic mass is 16.7. The molecule has 0 spiro atoms. The fourth-order valence-corrected chi connectivity index (χ4v) is 11.4. The van der Waals surface area contributed by atoms with Gasteiger partial charge in [-0.3, -0.25) is 9.59 Å². The summed E-state index contributed by atoms with van der Waals surface area (Å²) in [5.41, 5.74) is 0. The van der Waals surface area contributed by atoms with Gasteiger partial charge in [-0.05, 0) is 103 Å². The smallest absolute Gasteiger partial charge is 0.306 e. The Hall–Kier alpha value is -3.16. The van der Waals surface area contributed by atoms with Gasteiger partial charge in [0.15, 0.2) is 12.4 Å².